The minimum absolute atomic E-state index is 0.0136. The Morgan fingerprint density at radius 2 is 1.82 bits per heavy atom. The fraction of sp³-hybridized carbons (Fsp3) is 0.148. The standard InChI is InChI=1S/C27H21BrIN3O7S/c1-2-38-22-12-17(11-21(28)25(22)39-15-16-3-9-20(10-4-16)32(36)37)13-23-26(34)31(27(35)40-23)14-24(33)30-19-7-5-18(29)6-8-19/h3-13H,2,14-15H2,1H3,(H,30,33)/b23-13+. The van der Waals surface area contributed by atoms with Crippen LogP contribution in [0.3, 0.4) is 0 Å². The van der Waals surface area contributed by atoms with E-state index in [0.717, 1.165) is 25.8 Å². The third kappa shape index (κ3) is 7.40. The molecule has 0 aromatic heterocycles. The maximum Gasteiger partial charge on any atom is 0.294 e. The number of anilines is 1. The van der Waals surface area contributed by atoms with Crippen molar-refractivity contribution in [2.75, 3.05) is 18.5 Å². The van der Waals surface area contributed by atoms with E-state index in [9.17, 15) is 24.5 Å². The number of thioether (sulfide) groups is 1. The smallest absolute Gasteiger partial charge is 0.294 e. The van der Waals surface area contributed by atoms with Crippen molar-refractivity contribution in [3.8, 4) is 11.5 Å². The molecule has 1 heterocycles. The molecule has 0 bridgehead atoms. The Hall–Kier alpha value is -3.43. The van der Waals surface area contributed by atoms with E-state index in [1.807, 2.05) is 19.1 Å². The van der Waals surface area contributed by atoms with Gasteiger partial charge in [0.05, 0.1) is 20.9 Å². The van der Waals surface area contributed by atoms with Crippen molar-refractivity contribution in [1.82, 2.24) is 4.90 Å². The van der Waals surface area contributed by atoms with E-state index in [1.165, 1.54) is 12.1 Å². The van der Waals surface area contributed by atoms with Gasteiger partial charge in [-0.1, -0.05) is 0 Å². The summed E-state index contributed by atoms with van der Waals surface area (Å²) < 4.78 is 13.2. The van der Waals surface area contributed by atoms with E-state index in [2.05, 4.69) is 43.8 Å². The number of nitrogens with zero attached hydrogens (tertiary/aromatic N) is 2. The van der Waals surface area contributed by atoms with Gasteiger partial charge < -0.3 is 14.8 Å². The van der Waals surface area contributed by atoms with Crippen LogP contribution in [0.4, 0.5) is 16.2 Å². The van der Waals surface area contributed by atoms with Gasteiger partial charge in [0.1, 0.15) is 13.2 Å². The van der Waals surface area contributed by atoms with Crippen molar-refractivity contribution in [1.29, 1.82) is 0 Å². The molecule has 1 saturated heterocycles. The molecule has 0 radical (unpaired) electrons. The molecule has 0 saturated carbocycles. The van der Waals surface area contributed by atoms with Crippen molar-refractivity contribution in [2.24, 2.45) is 0 Å². The van der Waals surface area contributed by atoms with Crippen LogP contribution in [0.1, 0.15) is 18.1 Å². The van der Waals surface area contributed by atoms with Crippen molar-refractivity contribution in [3.63, 3.8) is 0 Å². The first-order valence-electron chi connectivity index (χ1n) is 11.8. The van der Waals surface area contributed by atoms with Crippen molar-refractivity contribution in [2.45, 2.75) is 13.5 Å². The topological polar surface area (TPSA) is 128 Å². The maximum absolute atomic E-state index is 13.0. The number of hydrogen-bond acceptors (Lipinski definition) is 8. The summed E-state index contributed by atoms with van der Waals surface area (Å²) in [6, 6.07) is 16.6. The molecule has 40 heavy (non-hydrogen) atoms. The molecule has 1 aliphatic rings. The zero-order valence-corrected chi connectivity index (χ0v) is 25.4. The van der Waals surface area contributed by atoms with Gasteiger partial charge in [-0.05, 0) is 123 Å². The molecule has 1 fully saturated rings. The second kappa shape index (κ2) is 13.3. The Labute approximate surface area is 255 Å². The van der Waals surface area contributed by atoms with E-state index < -0.39 is 28.5 Å². The summed E-state index contributed by atoms with van der Waals surface area (Å²) in [6.45, 7) is 1.89. The Morgan fingerprint density at radius 3 is 2.48 bits per heavy atom. The van der Waals surface area contributed by atoms with E-state index in [-0.39, 0.29) is 17.2 Å². The first kappa shape index (κ1) is 29.6. The normalized spacial score (nSPS) is 14.0. The number of carbonyl (C=O) groups is 3. The Morgan fingerprint density at radius 1 is 1.12 bits per heavy atom. The molecule has 1 N–H and O–H groups in total. The van der Waals surface area contributed by atoms with Crippen LogP contribution in [-0.2, 0) is 16.2 Å². The second-order valence-corrected chi connectivity index (χ2v) is 11.4. The molecule has 10 nitrogen and oxygen atoms in total. The number of non-ortho nitro benzene ring substituents is 1. The summed E-state index contributed by atoms with van der Waals surface area (Å²) in [5.41, 5.74) is 1.85. The van der Waals surface area contributed by atoms with E-state index >= 15 is 0 Å². The van der Waals surface area contributed by atoms with Gasteiger partial charge in [0.2, 0.25) is 5.91 Å². The van der Waals surface area contributed by atoms with E-state index in [1.54, 1.807) is 42.5 Å². The highest BCUT2D eigenvalue weighted by molar-refractivity contribution is 14.1. The lowest BCUT2D eigenvalue weighted by Gasteiger charge is -2.15. The summed E-state index contributed by atoms with van der Waals surface area (Å²) in [6.07, 6.45) is 1.55. The number of nitro benzene ring substituents is 1. The molecule has 0 atom stereocenters. The predicted octanol–water partition coefficient (Wildman–Crippen LogP) is 6.61. The molecule has 0 aliphatic carbocycles. The van der Waals surface area contributed by atoms with Crippen molar-refractivity contribution < 1.29 is 28.8 Å². The van der Waals surface area contributed by atoms with Gasteiger partial charge >= 0.3 is 0 Å². The lowest BCUT2D eigenvalue weighted by Crippen LogP contribution is -2.36. The average Bonchev–Trinajstić information content (AvgIpc) is 3.17. The number of nitro groups is 1. The number of ether oxygens (including phenoxy) is 2. The first-order valence-corrected chi connectivity index (χ1v) is 14.5. The fourth-order valence-corrected chi connectivity index (χ4v) is 5.38. The SMILES string of the molecule is CCOc1cc(/C=C2/SC(=O)N(CC(=O)Nc3ccc(I)cc3)C2=O)cc(Br)c1OCc1ccc([N+](=O)[O-])cc1. The zero-order chi connectivity index (χ0) is 28.8. The van der Waals surface area contributed by atoms with Crippen molar-refractivity contribution in [3.05, 3.63) is 94.9 Å². The van der Waals surface area contributed by atoms with Gasteiger partial charge in [0.15, 0.2) is 11.5 Å². The second-order valence-electron chi connectivity index (χ2n) is 8.30. The Balaban J connectivity index is 1.47. The Kier molecular flexibility index (Phi) is 9.81. The maximum atomic E-state index is 13.0. The van der Waals surface area contributed by atoms with Crippen molar-refractivity contribution >= 4 is 84.8 Å². The lowest BCUT2D eigenvalue weighted by molar-refractivity contribution is -0.384. The molecule has 0 spiro atoms. The van der Waals surface area contributed by atoms with Gasteiger partial charge in [-0.25, -0.2) is 0 Å². The summed E-state index contributed by atoms with van der Waals surface area (Å²) >= 11 is 6.38. The van der Waals surface area contributed by atoms with E-state index in [4.69, 9.17) is 9.47 Å². The third-order valence-electron chi connectivity index (χ3n) is 5.46. The molecule has 3 amide bonds. The highest BCUT2D eigenvalue weighted by Gasteiger charge is 2.36. The van der Waals surface area contributed by atoms with Crippen LogP contribution in [0.5, 0.6) is 11.5 Å². The molecule has 13 heteroatoms. The molecule has 3 aromatic rings. The average molecular weight is 738 g/mol. The molecular weight excluding hydrogens is 717 g/mol. The number of hydrogen-bond donors (Lipinski definition) is 1. The predicted molar refractivity (Wildman–Crippen MR) is 163 cm³/mol. The number of halogens is 2. The van der Waals surface area contributed by atoms with Gasteiger partial charge in [-0.15, -0.1) is 0 Å². The lowest BCUT2D eigenvalue weighted by atomic mass is 10.1. The van der Waals surface area contributed by atoms with Crippen LogP contribution < -0.4 is 14.8 Å². The number of amides is 3. The monoisotopic (exact) mass is 737 g/mol. The van der Waals surface area contributed by atoms with Crippen LogP contribution in [0.25, 0.3) is 6.08 Å². The summed E-state index contributed by atoms with van der Waals surface area (Å²) in [7, 11) is 0. The largest absolute Gasteiger partial charge is 0.490 e. The number of nitrogens with one attached hydrogen (secondary N) is 1. The minimum atomic E-state index is -0.569. The number of imide groups is 1. The minimum Gasteiger partial charge on any atom is -0.490 e. The molecule has 4 rings (SSSR count). The van der Waals surface area contributed by atoms with Crippen LogP contribution in [-0.4, -0.2) is 40.0 Å². The van der Waals surface area contributed by atoms with Gasteiger partial charge in [0, 0.05) is 21.4 Å². The molecule has 1 aliphatic heterocycles. The highest BCUT2D eigenvalue weighted by atomic mass is 127. The quantitative estimate of drug-likeness (QED) is 0.107. The number of benzene rings is 3. The molecular formula is C27H21BrIN3O7S. The number of rotatable bonds is 10. The fourth-order valence-electron chi connectivity index (χ4n) is 3.61. The Bertz CT molecular complexity index is 1500. The molecule has 0 unspecified atom stereocenters. The summed E-state index contributed by atoms with van der Waals surface area (Å²) in [5.74, 6) is -0.236. The molecule has 206 valence electrons. The molecule has 3 aromatic carbocycles. The third-order valence-corrected chi connectivity index (χ3v) is 7.68. The van der Waals surface area contributed by atoms with Crippen LogP contribution in [0.15, 0.2) is 70.0 Å². The van der Waals surface area contributed by atoms with E-state index in [0.29, 0.717) is 33.8 Å². The zero-order valence-electron chi connectivity index (χ0n) is 20.9. The summed E-state index contributed by atoms with van der Waals surface area (Å²) in [4.78, 5) is 49.4. The van der Waals surface area contributed by atoms with Gasteiger partial charge in [0.25, 0.3) is 16.8 Å². The number of carbonyl (C=O) groups excluding carboxylic acids is 3. The first-order chi connectivity index (χ1) is 19.1. The van der Waals surface area contributed by atoms with Gasteiger partial charge in [-0.2, -0.15) is 0 Å². The van der Waals surface area contributed by atoms with Crippen LogP contribution in [0, 0.1) is 13.7 Å². The summed E-state index contributed by atoms with van der Waals surface area (Å²) in [5, 5.41) is 13.0. The van der Waals surface area contributed by atoms with Gasteiger partial charge in [-0.3, -0.25) is 29.4 Å². The highest BCUT2D eigenvalue weighted by Crippen LogP contribution is 2.39. The van der Waals surface area contributed by atoms with Crippen LogP contribution in [0.2, 0.25) is 0 Å². The van der Waals surface area contributed by atoms with Crippen LogP contribution >= 0.6 is 50.3 Å².